The van der Waals surface area contributed by atoms with Crippen LogP contribution in [0.5, 0.6) is 0 Å². The summed E-state index contributed by atoms with van der Waals surface area (Å²) in [4.78, 5) is 22.3. The van der Waals surface area contributed by atoms with Crippen LogP contribution >= 0.6 is 0 Å². The van der Waals surface area contributed by atoms with Crippen molar-refractivity contribution in [2.75, 3.05) is 12.0 Å². The molecule has 1 aliphatic heterocycles. The first-order valence-corrected chi connectivity index (χ1v) is 10.9. The molecule has 7 heteroatoms. The molecule has 166 valence electrons. The maximum Gasteiger partial charge on any atom is 0.294 e. The van der Waals surface area contributed by atoms with Crippen molar-refractivity contribution in [2.24, 2.45) is 0 Å². The number of carbonyl (C=O) groups excluding carboxylic acids is 1. The van der Waals surface area contributed by atoms with E-state index in [1.165, 1.54) is 7.11 Å². The molecule has 1 saturated carbocycles. The highest BCUT2D eigenvalue weighted by molar-refractivity contribution is 6.09. The number of nitrogens with zero attached hydrogens (tertiary/aromatic N) is 2. The molecular weight excluding hydrogens is 412 g/mol. The fourth-order valence-corrected chi connectivity index (χ4v) is 5.02. The summed E-state index contributed by atoms with van der Waals surface area (Å²) < 4.78 is 32.5. The molecule has 1 aromatic heterocycles. The van der Waals surface area contributed by atoms with Gasteiger partial charge in [-0.2, -0.15) is 0 Å². The fraction of sp³-hybridized carbons (Fsp3) is 0.360. The average molecular weight is 437 g/mol. The third kappa shape index (κ3) is 3.45. The summed E-state index contributed by atoms with van der Waals surface area (Å²) in [7, 11) is 1.51. The number of fused-ring (bicyclic) bond motifs is 1. The predicted molar refractivity (Wildman–Crippen MR) is 119 cm³/mol. The number of hydrogen-bond donors (Lipinski definition) is 1. The van der Waals surface area contributed by atoms with Crippen LogP contribution in [0.1, 0.15) is 55.7 Å². The quantitative estimate of drug-likeness (QED) is 0.556. The van der Waals surface area contributed by atoms with Gasteiger partial charge in [-0.05, 0) is 55.0 Å². The number of aromatic amines is 1. The molecule has 1 N–H and O–H groups in total. The predicted octanol–water partition coefficient (Wildman–Crippen LogP) is 5.86. The largest absolute Gasteiger partial charge is 0.491 e. The van der Waals surface area contributed by atoms with Gasteiger partial charge in [-0.25, -0.2) is 13.8 Å². The van der Waals surface area contributed by atoms with Crippen LogP contribution in [-0.2, 0) is 9.53 Å². The van der Waals surface area contributed by atoms with E-state index < -0.39 is 5.92 Å². The van der Waals surface area contributed by atoms with Gasteiger partial charge < -0.3 is 9.72 Å². The molecule has 3 aromatic rings. The Labute approximate surface area is 185 Å². The molecule has 32 heavy (non-hydrogen) atoms. The van der Waals surface area contributed by atoms with Crippen LogP contribution in [0.4, 0.5) is 14.5 Å². The van der Waals surface area contributed by atoms with E-state index in [1.54, 1.807) is 11.2 Å². The summed E-state index contributed by atoms with van der Waals surface area (Å²) in [6.45, 7) is 1.91. The molecule has 0 saturated heterocycles. The number of aromatic nitrogens is 2. The lowest BCUT2D eigenvalue weighted by atomic mass is 9.82. The fourth-order valence-electron chi connectivity index (χ4n) is 5.02. The lowest BCUT2D eigenvalue weighted by molar-refractivity contribution is -0.117. The van der Waals surface area contributed by atoms with Crippen LogP contribution < -0.4 is 4.90 Å². The minimum Gasteiger partial charge on any atom is -0.491 e. The number of anilines is 1. The number of H-pyrrole nitrogens is 1. The number of methoxy groups -OCH3 is 1. The van der Waals surface area contributed by atoms with Crippen LogP contribution in [0.25, 0.3) is 11.0 Å². The molecule has 2 heterocycles. The van der Waals surface area contributed by atoms with Crippen LogP contribution in [0.15, 0.2) is 60.1 Å². The third-order valence-corrected chi connectivity index (χ3v) is 6.77. The van der Waals surface area contributed by atoms with E-state index in [1.807, 2.05) is 49.4 Å². The van der Waals surface area contributed by atoms with Gasteiger partial charge in [0.25, 0.3) is 5.91 Å². The van der Waals surface area contributed by atoms with Crippen molar-refractivity contribution in [3.05, 3.63) is 71.3 Å². The van der Waals surface area contributed by atoms with Crippen molar-refractivity contribution in [3.63, 3.8) is 0 Å². The van der Waals surface area contributed by atoms with E-state index in [4.69, 9.17) is 4.74 Å². The molecule has 1 aliphatic carbocycles. The number of benzene rings is 2. The minimum absolute atomic E-state index is 0.0561. The maximum absolute atomic E-state index is 13.5. The first-order valence-electron chi connectivity index (χ1n) is 10.9. The summed E-state index contributed by atoms with van der Waals surface area (Å²) in [5.74, 6) is -2.22. The highest BCUT2D eigenvalue weighted by atomic mass is 19.3. The van der Waals surface area contributed by atoms with E-state index in [-0.39, 0.29) is 30.7 Å². The zero-order chi connectivity index (χ0) is 22.5. The third-order valence-electron chi connectivity index (χ3n) is 6.77. The summed E-state index contributed by atoms with van der Waals surface area (Å²) in [6.07, 6.45) is 2.51. The SMILES string of the molecule is COC1=C(C)C(c2ccc(C3CCC(F)(F)CC3)cc2)N(c2ccc3nc[nH]c3c2)C1=O. The molecule has 2 aliphatic rings. The summed E-state index contributed by atoms with van der Waals surface area (Å²) >= 11 is 0. The van der Waals surface area contributed by atoms with Crippen LogP contribution in [0, 0.1) is 0 Å². The zero-order valence-electron chi connectivity index (χ0n) is 18.1. The highest BCUT2D eigenvalue weighted by Gasteiger charge is 2.40. The molecule has 0 spiro atoms. The van der Waals surface area contributed by atoms with E-state index in [9.17, 15) is 13.6 Å². The van der Waals surface area contributed by atoms with Crippen molar-refractivity contribution >= 4 is 22.6 Å². The smallest absolute Gasteiger partial charge is 0.294 e. The van der Waals surface area contributed by atoms with Crippen molar-refractivity contribution in [3.8, 4) is 0 Å². The normalized spacial score (nSPS) is 21.6. The number of ether oxygens (including phenoxy) is 1. The number of amides is 1. The average Bonchev–Trinajstić information content (AvgIpc) is 3.35. The molecule has 1 amide bonds. The Morgan fingerprint density at radius 3 is 2.47 bits per heavy atom. The Balaban J connectivity index is 1.48. The second-order valence-corrected chi connectivity index (χ2v) is 8.69. The first-order chi connectivity index (χ1) is 15.4. The Bertz CT molecular complexity index is 1190. The second-order valence-electron chi connectivity index (χ2n) is 8.69. The number of imidazole rings is 1. The van der Waals surface area contributed by atoms with E-state index in [0.717, 1.165) is 33.4 Å². The summed E-state index contributed by atoms with van der Waals surface area (Å²) in [5, 5.41) is 0. The maximum atomic E-state index is 13.5. The Hall–Kier alpha value is -3.22. The molecule has 0 bridgehead atoms. The molecule has 5 rings (SSSR count). The van der Waals surface area contributed by atoms with Gasteiger partial charge in [0, 0.05) is 24.1 Å². The van der Waals surface area contributed by atoms with Gasteiger partial charge in [0.2, 0.25) is 5.92 Å². The Kier molecular flexibility index (Phi) is 4.99. The molecule has 1 unspecified atom stereocenters. The van der Waals surface area contributed by atoms with Gasteiger partial charge in [-0.15, -0.1) is 0 Å². The summed E-state index contributed by atoms with van der Waals surface area (Å²) in [6, 6.07) is 13.4. The Morgan fingerprint density at radius 2 is 1.78 bits per heavy atom. The van der Waals surface area contributed by atoms with E-state index in [2.05, 4.69) is 9.97 Å². The van der Waals surface area contributed by atoms with Crippen molar-refractivity contribution in [1.82, 2.24) is 9.97 Å². The number of carbonyl (C=O) groups is 1. The topological polar surface area (TPSA) is 58.2 Å². The summed E-state index contributed by atoms with van der Waals surface area (Å²) in [5.41, 5.74) is 5.30. The first kappa shape index (κ1) is 20.7. The van der Waals surface area contributed by atoms with E-state index in [0.29, 0.717) is 18.6 Å². The highest BCUT2D eigenvalue weighted by Crippen LogP contribution is 2.44. The van der Waals surface area contributed by atoms with Gasteiger partial charge in [0.15, 0.2) is 5.76 Å². The van der Waals surface area contributed by atoms with Gasteiger partial charge in [-0.1, -0.05) is 24.3 Å². The minimum atomic E-state index is -2.53. The molecule has 1 fully saturated rings. The van der Waals surface area contributed by atoms with Gasteiger partial charge >= 0.3 is 0 Å². The number of rotatable bonds is 4. The molecular formula is C25H25F2N3O2. The molecule has 5 nitrogen and oxygen atoms in total. The second kappa shape index (κ2) is 7.73. The lowest BCUT2D eigenvalue weighted by Gasteiger charge is -2.29. The molecule has 0 radical (unpaired) electrons. The van der Waals surface area contributed by atoms with Crippen molar-refractivity contribution < 1.29 is 18.3 Å². The standard InChI is InChI=1S/C25H25F2N3O2/c1-15-22(18-5-3-16(4-6-18)17-9-11-25(26,27)12-10-17)30(24(31)23(15)32-2)19-7-8-20-21(13-19)29-14-28-20/h3-8,13-14,17,22H,9-12H2,1-2H3,(H,28,29). The van der Waals surface area contributed by atoms with Crippen LogP contribution in [0.3, 0.4) is 0 Å². The van der Waals surface area contributed by atoms with Gasteiger partial charge in [0.05, 0.1) is 30.5 Å². The number of alkyl halides is 2. The lowest BCUT2D eigenvalue weighted by Crippen LogP contribution is -2.30. The molecule has 2 aromatic carbocycles. The van der Waals surface area contributed by atoms with Crippen LogP contribution in [-0.4, -0.2) is 28.9 Å². The number of nitrogens with one attached hydrogen (secondary N) is 1. The van der Waals surface area contributed by atoms with Crippen LogP contribution in [0.2, 0.25) is 0 Å². The van der Waals surface area contributed by atoms with E-state index >= 15 is 0 Å². The monoisotopic (exact) mass is 437 g/mol. The van der Waals surface area contributed by atoms with Gasteiger partial charge in [-0.3, -0.25) is 9.69 Å². The van der Waals surface area contributed by atoms with Gasteiger partial charge in [0.1, 0.15) is 0 Å². The molecule has 1 atom stereocenters. The van der Waals surface area contributed by atoms with Crippen molar-refractivity contribution in [1.29, 1.82) is 0 Å². The zero-order valence-corrected chi connectivity index (χ0v) is 18.1. The number of halogens is 2. The Morgan fingerprint density at radius 1 is 1.09 bits per heavy atom. The number of hydrogen-bond acceptors (Lipinski definition) is 3. The van der Waals surface area contributed by atoms with Crippen molar-refractivity contribution in [2.45, 2.75) is 50.5 Å².